The molecule has 16 heavy (non-hydrogen) atoms. The normalized spacial score (nSPS) is 10.4. The molecule has 82 valence electrons. The zero-order valence-electron chi connectivity index (χ0n) is 9.70. The molecule has 0 aliphatic carbocycles. The van der Waals surface area contributed by atoms with E-state index >= 15 is 0 Å². The number of aliphatic hydroxyl groups excluding tert-OH is 1. The summed E-state index contributed by atoms with van der Waals surface area (Å²) < 4.78 is 0. The fourth-order valence-corrected chi connectivity index (χ4v) is 1.89. The summed E-state index contributed by atoms with van der Waals surface area (Å²) in [6, 6.07) is 14.5. The van der Waals surface area contributed by atoms with E-state index in [0.717, 1.165) is 5.56 Å². The van der Waals surface area contributed by atoms with Crippen LogP contribution in [-0.4, -0.2) is 5.11 Å². The fourth-order valence-electron chi connectivity index (χ4n) is 1.89. The highest BCUT2D eigenvalue weighted by Crippen LogP contribution is 2.24. The molecule has 0 aromatic heterocycles. The van der Waals surface area contributed by atoms with Crippen LogP contribution in [0.4, 0.5) is 0 Å². The minimum absolute atomic E-state index is 0.105. The molecule has 0 heterocycles. The Balaban J connectivity index is 2.55. The van der Waals surface area contributed by atoms with E-state index in [4.69, 9.17) is 0 Å². The van der Waals surface area contributed by atoms with Gasteiger partial charge in [-0.15, -0.1) is 0 Å². The van der Waals surface area contributed by atoms with Crippen LogP contribution < -0.4 is 0 Å². The van der Waals surface area contributed by atoms with Gasteiger partial charge in [0, 0.05) is 0 Å². The average molecular weight is 212 g/mol. The van der Waals surface area contributed by atoms with E-state index in [9.17, 15) is 5.11 Å². The van der Waals surface area contributed by atoms with Gasteiger partial charge < -0.3 is 5.11 Å². The molecule has 1 N–H and O–H groups in total. The smallest absolute Gasteiger partial charge is 0.0684 e. The number of aryl methyl sites for hydroxylation is 1. The minimum atomic E-state index is 0.105. The topological polar surface area (TPSA) is 20.2 Å². The molecule has 0 atom stereocenters. The van der Waals surface area contributed by atoms with Gasteiger partial charge in [0.15, 0.2) is 0 Å². The molecule has 2 rings (SSSR count). The van der Waals surface area contributed by atoms with Crippen LogP contribution in [0.1, 0.15) is 16.7 Å². The van der Waals surface area contributed by atoms with Crippen LogP contribution in [0, 0.1) is 13.8 Å². The fraction of sp³-hybridized carbons (Fsp3) is 0.200. The largest absolute Gasteiger partial charge is 0.392 e. The molecule has 0 radical (unpaired) electrons. The van der Waals surface area contributed by atoms with Crippen molar-refractivity contribution in [2.75, 3.05) is 0 Å². The molecule has 0 fully saturated rings. The van der Waals surface area contributed by atoms with Crippen molar-refractivity contribution in [2.24, 2.45) is 0 Å². The van der Waals surface area contributed by atoms with E-state index in [1.807, 2.05) is 18.2 Å². The van der Waals surface area contributed by atoms with Crippen molar-refractivity contribution in [2.45, 2.75) is 20.5 Å². The lowest BCUT2D eigenvalue weighted by Gasteiger charge is -2.10. The molecular formula is C15H16O. The van der Waals surface area contributed by atoms with Gasteiger partial charge in [0.05, 0.1) is 6.61 Å². The Morgan fingerprint density at radius 3 is 2.25 bits per heavy atom. The van der Waals surface area contributed by atoms with Crippen molar-refractivity contribution >= 4 is 0 Å². The summed E-state index contributed by atoms with van der Waals surface area (Å²) in [5.41, 5.74) is 5.79. The molecule has 0 aliphatic rings. The lowest BCUT2D eigenvalue weighted by atomic mass is 9.96. The summed E-state index contributed by atoms with van der Waals surface area (Å²) >= 11 is 0. The zero-order chi connectivity index (χ0) is 11.5. The Labute approximate surface area is 96.4 Å². The van der Waals surface area contributed by atoms with Crippen LogP contribution in [-0.2, 0) is 6.61 Å². The first kappa shape index (κ1) is 10.9. The number of hydrogen-bond donors (Lipinski definition) is 1. The first-order valence-corrected chi connectivity index (χ1v) is 5.49. The molecule has 0 saturated carbocycles. The van der Waals surface area contributed by atoms with E-state index in [2.05, 4.69) is 38.1 Å². The minimum Gasteiger partial charge on any atom is -0.392 e. The summed E-state index contributed by atoms with van der Waals surface area (Å²) in [7, 11) is 0. The summed E-state index contributed by atoms with van der Waals surface area (Å²) in [6.07, 6.45) is 0. The van der Waals surface area contributed by atoms with E-state index in [1.165, 1.54) is 22.3 Å². The quantitative estimate of drug-likeness (QED) is 0.808. The molecule has 0 spiro atoms. The third kappa shape index (κ3) is 2.00. The molecule has 0 aliphatic heterocycles. The highest BCUT2D eigenvalue weighted by Gasteiger charge is 2.04. The van der Waals surface area contributed by atoms with Gasteiger partial charge in [0.25, 0.3) is 0 Å². The van der Waals surface area contributed by atoms with Gasteiger partial charge in [-0.3, -0.25) is 0 Å². The second kappa shape index (κ2) is 4.50. The highest BCUT2D eigenvalue weighted by molar-refractivity contribution is 5.66. The van der Waals surface area contributed by atoms with Crippen molar-refractivity contribution < 1.29 is 5.11 Å². The standard InChI is InChI=1S/C15H16O/c1-11-8-14(9-15(10-16)12(11)2)13-6-4-3-5-7-13/h3-9,16H,10H2,1-2H3. The van der Waals surface area contributed by atoms with E-state index in [-0.39, 0.29) is 6.61 Å². The Kier molecular flexibility index (Phi) is 3.07. The molecule has 0 bridgehead atoms. The highest BCUT2D eigenvalue weighted by atomic mass is 16.3. The lowest BCUT2D eigenvalue weighted by molar-refractivity contribution is 0.281. The Bertz CT molecular complexity index is 486. The molecule has 1 nitrogen and oxygen atoms in total. The second-order valence-electron chi connectivity index (χ2n) is 4.10. The van der Waals surface area contributed by atoms with Crippen LogP contribution in [0.15, 0.2) is 42.5 Å². The van der Waals surface area contributed by atoms with Crippen LogP contribution in [0.2, 0.25) is 0 Å². The second-order valence-corrected chi connectivity index (χ2v) is 4.10. The molecule has 1 heteroatoms. The van der Waals surface area contributed by atoms with Gasteiger partial charge >= 0.3 is 0 Å². The van der Waals surface area contributed by atoms with Crippen molar-refractivity contribution in [1.82, 2.24) is 0 Å². The van der Waals surface area contributed by atoms with Gasteiger partial charge in [0.2, 0.25) is 0 Å². The van der Waals surface area contributed by atoms with E-state index in [1.54, 1.807) is 0 Å². The van der Waals surface area contributed by atoms with Crippen LogP contribution in [0.3, 0.4) is 0 Å². The molecule has 0 saturated heterocycles. The lowest BCUT2D eigenvalue weighted by Crippen LogP contribution is -1.93. The maximum Gasteiger partial charge on any atom is 0.0684 e. The van der Waals surface area contributed by atoms with Crippen molar-refractivity contribution in [3.05, 3.63) is 59.2 Å². The van der Waals surface area contributed by atoms with Crippen molar-refractivity contribution in [3.63, 3.8) is 0 Å². The SMILES string of the molecule is Cc1cc(-c2ccccc2)cc(CO)c1C. The van der Waals surface area contributed by atoms with Crippen molar-refractivity contribution in [3.8, 4) is 11.1 Å². The van der Waals surface area contributed by atoms with Gasteiger partial charge in [0.1, 0.15) is 0 Å². The molecule has 2 aromatic carbocycles. The van der Waals surface area contributed by atoms with Gasteiger partial charge in [-0.05, 0) is 47.7 Å². The predicted molar refractivity (Wildman–Crippen MR) is 67.3 cm³/mol. The van der Waals surface area contributed by atoms with E-state index in [0.29, 0.717) is 0 Å². The number of hydrogen-bond acceptors (Lipinski definition) is 1. The van der Waals surface area contributed by atoms with Gasteiger partial charge in [-0.1, -0.05) is 36.4 Å². The van der Waals surface area contributed by atoms with Crippen LogP contribution in [0.5, 0.6) is 0 Å². The maximum absolute atomic E-state index is 9.31. The van der Waals surface area contributed by atoms with Crippen LogP contribution in [0.25, 0.3) is 11.1 Å². The summed E-state index contributed by atoms with van der Waals surface area (Å²) in [6.45, 7) is 4.24. The Hall–Kier alpha value is -1.60. The van der Waals surface area contributed by atoms with Crippen molar-refractivity contribution in [1.29, 1.82) is 0 Å². The van der Waals surface area contributed by atoms with Gasteiger partial charge in [-0.25, -0.2) is 0 Å². The average Bonchev–Trinajstić information content (AvgIpc) is 2.33. The molecule has 0 unspecified atom stereocenters. The number of rotatable bonds is 2. The summed E-state index contributed by atoms with van der Waals surface area (Å²) in [5.74, 6) is 0. The maximum atomic E-state index is 9.31. The zero-order valence-corrected chi connectivity index (χ0v) is 9.70. The molecular weight excluding hydrogens is 196 g/mol. The summed E-state index contributed by atoms with van der Waals surface area (Å²) in [4.78, 5) is 0. The first-order chi connectivity index (χ1) is 7.72. The molecule has 0 amide bonds. The Morgan fingerprint density at radius 1 is 0.938 bits per heavy atom. The first-order valence-electron chi connectivity index (χ1n) is 5.49. The van der Waals surface area contributed by atoms with E-state index < -0.39 is 0 Å². The predicted octanol–water partition coefficient (Wildman–Crippen LogP) is 3.46. The number of benzene rings is 2. The Morgan fingerprint density at radius 2 is 1.62 bits per heavy atom. The third-order valence-corrected chi connectivity index (χ3v) is 3.05. The third-order valence-electron chi connectivity index (χ3n) is 3.05. The number of aliphatic hydroxyl groups is 1. The van der Waals surface area contributed by atoms with Gasteiger partial charge in [-0.2, -0.15) is 0 Å². The monoisotopic (exact) mass is 212 g/mol. The van der Waals surface area contributed by atoms with Crippen LogP contribution >= 0.6 is 0 Å². The summed E-state index contributed by atoms with van der Waals surface area (Å²) in [5, 5.41) is 9.31. The molecule has 2 aromatic rings.